The molecule has 0 spiro atoms. The number of aromatic nitrogens is 1. The van der Waals surface area contributed by atoms with Crippen LogP contribution in [0.1, 0.15) is 65.6 Å². The third kappa shape index (κ3) is 4.04. The molecule has 0 aromatic carbocycles. The molecule has 1 aliphatic carbocycles. The lowest BCUT2D eigenvalue weighted by Gasteiger charge is -2.46. The second-order valence-corrected chi connectivity index (χ2v) is 7.75. The number of nitrogens with one attached hydrogen (secondary N) is 1. The highest BCUT2D eigenvalue weighted by atomic mass is 15.0. The van der Waals surface area contributed by atoms with Crippen LogP contribution in [0.5, 0.6) is 0 Å². The molecule has 2 rings (SSSR count). The molecule has 19 heavy (non-hydrogen) atoms. The molecule has 2 heteroatoms. The Morgan fingerprint density at radius 1 is 1.16 bits per heavy atom. The van der Waals surface area contributed by atoms with Gasteiger partial charge in [0.25, 0.3) is 0 Å². The van der Waals surface area contributed by atoms with E-state index in [1.807, 2.05) is 12.3 Å². The minimum atomic E-state index is 0.330. The first-order chi connectivity index (χ1) is 8.77. The zero-order valence-electron chi connectivity index (χ0n) is 13.0. The molecule has 1 heterocycles. The van der Waals surface area contributed by atoms with Crippen LogP contribution < -0.4 is 5.32 Å². The van der Waals surface area contributed by atoms with Gasteiger partial charge in [-0.05, 0) is 49.1 Å². The maximum atomic E-state index is 4.45. The monoisotopic (exact) mass is 260 g/mol. The third-order valence-electron chi connectivity index (χ3n) is 4.17. The molecule has 1 atom stereocenters. The van der Waals surface area contributed by atoms with E-state index in [0.29, 0.717) is 22.9 Å². The van der Waals surface area contributed by atoms with Crippen LogP contribution in [0.2, 0.25) is 0 Å². The summed E-state index contributed by atoms with van der Waals surface area (Å²) in [5.41, 5.74) is 2.01. The van der Waals surface area contributed by atoms with E-state index < -0.39 is 0 Å². The summed E-state index contributed by atoms with van der Waals surface area (Å²) in [6.07, 6.45) is 5.71. The minimum Gasteiger partial charge on any atom is -0.306 e. The molecule has 1 aromatic heterocycles. The Balaban J connectivity index is 2.03. The van der Waals surface area contributed by atoms with Gasteiger partial charge in [-0.1, -0.05) is 33.8 Å². The molecule has 1 fully saturated rings. The van der Waals surface area contributed by atoms with Crippen molar-refractivity contribution in [2.24, 2.45) is 10.8 Å². The second-order valence-electron chi connectivity index (χ2n) is 7.75. The highest BCUT2D eigenvalue weighted by Gasteiger charge is 2.38. The molecule has 1 N–H and O–H groups in total. The summed E-state index contributed by atoms with van der Waals surface area (Å²) in [4.78, 5) is 4.45. The normalized spacial score (nSPS) is 24.1. The number of nitrogens with zero attached hydrogens (tertiary/aromatic N) is 1. The Labute approximate surface area is 118 Å². The number of pyridine rings is 1. The smallest absolute Gasteiger partial charge is 0.0570 e. The summed E-state index contributed by atoms with van der Waals surface area (Å²) in [6.45, 7) is 11.8. The Morgan fingerprint density at radius 2 is 1.79 bits per heavy atom. The standard InChI is InChI=1S/C17H28N2/c1-13(15-8-6-7-9-18-15)19-14-10-16(2,3)12-17(4,5)11-14/h6-9,13-14,19H,10-12H2,1-5H3/t13-/m1/s1. The summed E-state index contributed by atoms with van der Waals surface area (Å²) in [7, 11) is 0. The summed E-state index contributed by atoms with van der Waals surface area (Å²) in [6, 6.07) is 7.07. The molecule has 0 saturated heterocycles. The average Bonchev–Trinajstić information content (AvgIpc) is 2.25. The van der Waals surface area contributed by atoms with E-state index >= 15 is 0 Å². The molecule has 1 aromatic rings. The van der Waals surface area contributed by atoms with Gasteiger partial charge in [-0.15, -0.1) is 0 Å². The molecular formula is C17H28N2. The largest absolute Gasteiger partial charge is 0.306 e. The van der Waals surface area contributed by atoms with Crippen molar-refractivity contribution in [1.82, 2.24) is 10.3 Å². The molecular weight excluding hydrogens is 232 g/mol. The predicted molar refractivity (Wildman–Crippen MR) is 81.0 cm³/mol. The van der Waals surface area contributed by atoms with Crippen LogP contribution in [0.25, 0.3) is 0 Å². The lowest BCUT2D eigenvalue weighted by Crippen LogP contribution is -2.44. The first-order valence-electron chi connectivity index (χ1n) is 7.44. The number of hydrogen-bond acceptors (Lipinski definition) is 2. The van der Waals surface area contributed by atoms with Crippen LogP contribution in [0.3, 0.4) is 0 Å². The molecule has 0 amide bonds. The zero-order chi connectivity index (χ0) is 14.1. The lowest BCUT2D eigenvalue weighted by molar-refractivity contribution is 0.0809. The molecule has 0 aliphatic heterocycles. The SMILES string of the molecule is C[C@@H](NC1CC(C)(C)CC(C)(C)C1)c1ccccn1. The van der Waals surface area contributed by atoms with Crippen molar-refractivity contribution in [2.75, 3.05) is 0 Å². The van der Waals surface area contributed by atoms with Crippen LogP contribution in [0, 0.1) is 10.8 Å². The van der Waals surface area contributed by atoms with Gasteiger partial charge in [0.15, 0.2) is 0 Å². The third-order valence-corrected chi connectivity index (χ3v) is 4.17. The highest BCUT2D eigenvalue weighted by Crippen LogP contribution is 2.46. The van der Waals surface area contributed by atoms with E-state index in [0.717, 1.165) is 5.69 Å². The van der Waals surface area contributed by atoms with Crippen molar-refractivity contribution < 1.29 is 0 Å². The second kappa shape index (κ2) is 5.24. The van der Waals surface area contributed by atoms with Gasteiger partial charge in [-0.25, -0.2) is 0 Å². The molecule has 1 saturated carbocycles. The molecule has 106 valence electrons. The van der Waals surface area contributed by atoms with E-state index in [4.69, 9.17) is 0 Å². The van der Waals surface area contributed by atoms with Crippen LogP contribution >= 0.6 is 0 Å². The van der Waals surface area contributed by atoms with Gasteiger partial charge in [-0.2, -0.15) is 0 Å². The van der Waals surface area contributed by atoms with Gasteiger partial charge in [-0.3, -0.25) is 4.98 Å². The van der Waals surface area contributed by atoms with Crippen molar-refractivity contribution >= 4 is 0 Å². The van der Waals surface area contributed by atoms with Crippen molar-refractivity contribution in [1.29, 1.82) is 0 Å². The number of hydrogen-bond donors (Lipinski definition) is 1. The van der Waals surface area contributed by atoms with Gasteiger partial charge in [0.2, 0.25) is 0 Å². The lowest BCUT2D eigenvalue weighted by atomic mass is 9.63. The van der Waals surface area contributed by atoms with Gasteiger partial charge >= 0.3 is 0 Å². The fraction of sp³-hybridized carbons (Fsp3) is 0.706. The maximum Gasteiger partial charge on any atom is 0.0570 e. The topological polar surface area (TPSA) is 24.9 Å². The Kier molecular flexibility index (Phi) is 4.00. The fourth-order valence-electron chi connectivity index (χ4n) is 4.03. The first-order valence-corrected chi connectivity index (χ1v) is 7.44. The van der Waals surface area contributed by atoms with Crippen molar-refractivity contribution in [2.45, 2.75) is 66.0 Å². The molecule has 0 bridgehead atoms. The van der Waals surface area contributed by atoms with Gasteiger partial charge in [0.05, 0.1) is 5.69 Å². The quantitative estimate of drug-likeness (QED) is 0.874. The Morgan fingerprint density at radius 3 is 2.32 bits per heavy atom. The van der Waals surface area contributed by atoms with Crippen LogP contribution in [-0.2, 0) is 0 Å². The first kappa shape index (κ1) is 14.5. The summed E-state index contributed by atoms with van der Waals surface area (Å²) >= 11 is 0. The van der Waals surface area contributed by atoms with E-state index in [1.165, 1.54) is 19.3 Å². The Bertz CT molecular complexity index is 393. The Hall–Kier alpha value is -0.890. The highest BCUT2D eigenvalue weighted by molar-refractivity contribution is 5.08. The molecule has 1 aliphatic rings. The van der Waals surface area contributed by atoms with Crippen molar-refractivity contribution in [3.63, 3.8) is 0 Å². The molecule has 0 unspecified atom stereocenters. The minimum absolute atomic E-state index is 0.330. The van der Waals surface area contributed by atoms with Crippen LogP contribution in [0.15, 0.2) is 24.4 Å². The van der Waals surface area contributed by atoms with Crippen molar-refractivity contribution in [3.8, 4) is 0 Å². The van der Waals surface area contributed by atoms with Gasteiger partial charge < -0.3 is 5.32 Å². The number of rotatable bonds is 3. The molecule has 0 radical (unpaired) electrons. The summed E-state index contributed by atoms with van der Waals surface area (Å²) in [5.74, 6) is 0. The van der Waals surface area contributed by atoms with E-state index in [-0.39, 0.29) is 0 Å². The fourth-order valence-corrected chi connectivity index (χ4v) is 4.03. The molecule has 2 nitrogen and oxygen atoms in total. The van der Waals surface area contributed by atoms with Crippen LogP contribution in [0.4, 0.5) is 0 Å². The van der Waals surface area contributed by atoms with Crippen molar-refractivity contribution in [3.05, 3.63) is 30.1 Å². The van der Waals surface area contributed by atoms with Crippen LogP contribution in [-0.4, -0.2) is 11.0 Å². The van der Waals surface area contributed by atoms with Gasteiger partial charge in [0.1, 0.15) is 0 Å². The van der Waals surface area contributed by atoms with E-state index in [2.05, 4.69) is 57.1 Å². The zero-order valence-corrected chi connectivity index (χ0v) is 13.0. The van der Waals surface area contributed by atoms with E-state index in [1.54, 1.807) is 0 Å². The average molecular weight is 260 g/mol. The van der Waals surface area contributed by atoms with E-state index in [9.17, 15) is 0 Å². The summed E-state index contributed by atoms with van der Waals surface area (Å²) < 4.78 is 0. The maximum absolute atomic E-state index is 4.45. The predicted octanol–water partition coefficient (Wildman–Crippen LogP) is 4.34. The van der Waals surface area contributed by atoms with Gasteiger partial charge in [0, 0.05) is 18.3 Å². The summed E-state index contributed by atoms with van der Waals surface area (Å²) in [5, 5.41) is 3.78.